The van der Waals surface area contributed by atoms with E-state index in [1.54, 1.807) is 6.92 Å². The fourth-order valence-electron chi connectivity index (χ4n) is 3.18. The van der Waals surface area contributed by atoms with E-state index in [0.717, 1.165) is 0 Å². The van der Waals surface area contributed by atoms with Crippen molar-refractivity contribution in [1.82, 2.24) is 15.5 Å². The summed E-state index contributed by atoms with van der Waals surface area (Å²) in [4.78, 5) is 50.9. The predicted octanol–water partition coefficient (Wildman–Crippen LogP) is -0.00920. The van der Waals surface area contributed by atoms with Gasteiger partial charge < -0.3 is 26.4 Å². The molecule has 1 saturated heterocycles. The summed E-state index contributed by atoms with van der Waals surface area (Å²) in [5, 5.41) is 14.3. The minimum Gasteiger partial charge on any atom is -0.480 e. The van der Waals surface area contributed by atoms with Gasteiger partial charge in [0.1, 0.15) is 18.1 Å². The van der Waals surface area contributed by atoms with Gasteiger partial charge in [0, 0.05) is 12.3 Å². The van der Waals surface area contributed by atoms with Crippen molar-refractivity contribution in [2.45, 2.75) is 71.1 Å². The van der Waals surface area contributed by atoms with E-state index >= 15 is 0 Å². The third kappa shape index (κ3) is 6.60. The average molecular weight is 431 g/mol. The van der Waals surface area contributed by atoms with Gasteiger partial charge in [-0.1, -0.05) is 34.1 Å². The highest BCUT2D eigenvalue weighted by Crippen LogP contribution is 2.20. The lowest BCUT2D eigenvalue weighted by Gasteiger charge is -2.31. The van der Waals surface area contributed by atoms with E-state index in [1.807, 2.05) is 20.8 Å². The summed E-state index contributed by atoms with van der Waals surface area (Å²) >= 11 is 3.94. The molecule has 0 aromatic heterocycles. The zero-order valence-electron chi connectivity index (χ0n) is 17.6. The molecule has 0 spiro atoms. The Bertz CT molecular complexity index is 615. The molecule has 5 N–H and O–H groups in total. The van der Waals surface area contributed by atoms with Gasteiger partial charge in [-0.3, -0.25) is 14.4 Å². The topological polar surface area (TPSA) is 142 Å². The lowest BCUT2D eigenvalue weighted by molar-refractivity contribution is -0.143. The number of nitrogens with two attached hydrogens (primary N) is 1. The van der Waals surface area contributed by atoms with Gasteiger partial charge in [0.25, 0.3) is 0 Å². The molecule has 10 heteroatoms. The van der Waals surface area contributed by atoms with E-state index in [0.29, 0.717) is 25.8 Å². The number of hydrogen-bond acceptors (Lipinski definition) is 6. The molecule has 0 bridgehead atoms. The quantitative estimate of drug-likeness (QED) is 0.309. The molecular weight excluding hydrogens is 396 g/mol. The number of likely N-dealkylation sites (tertiary alicyclic amines) is 1. The normalized spacial score (nSPS) is 20.7. The fraction of sp³-hybridized carbons (Fsp3) is 0.789. The van der Waals surface area contributed by atoms with Crippen LogP contribution in [0, 0.1) is 11.8 Å². The number of rotatable bonds is 10. The molecule has 5 atom stereocenters. The Hall–Kier alpha value is -1.81. The first-order valence-electron chi connectivity index (χ1n) is 10.1. The summed E-state index contributed by atoms with van der Waals surface area (Å²) in [6.45, 7) is 7.80. The summed E-state index contributed by atoms with van der Waals surface area (Å²) in [6, 6.07) is -3.44. The van der Waals surface area contributed by atoms with Crippen LogP contribution in [0.1, 0.15) is 47.0 Å². The van der Waals surface area contributed by atoms with Crippen molar-refractivity contribution in [3.8, 4) is 0 Å². The zero-order chi connectivity index (χ0) is 22.3. The highest BCUT2D eigenvalue weighted by atomic mass is 32.1. The van der Waals surface area contributed by atoms with Gasteiger partial charge in [-0.25, -0.2) is 4.79 Å². The smallest absolute Gasteiger partial charge is 0.327 e. The Labute approximate surface area is 177 Å². The molecule has 1 rings (SSSR count). The standard InChI is InChI=1S/C19H34N4O5S/c1-5-11(4)15(17(25)21-12(9-29)19(27)28)22-16(24)13-7-6-8-23(13)18(26)14(20)10(2)3/h10-15,29H,5-9,20H2,1-4H3,(H,21,25)(H,22,24)(H,27,28). The minimum absolute atomic E-state index is 0.0559. The Morgan fingerprint density at radius 2 is 1.83 bits per heavy atom. The summed E-state index contributed by atoms with van der Waals surface area (Å²) < 4.78 is 0. The number of nitrogens with zero attached hydrogens (tertiary/aromatic N) is 1. The van der Waals surface area contributed by atoms with Crippen LogP contribution in [0.15, 0.2) is 0 Å². The largest absolute Gasteiger partial charge is 0.480 e. The van der Waals surface area contributed by atoms with Crippen molar-refractivity contribution in [2.75, 3.05) is 12.3 Å². The number of carbonyl (C=O) groups excluding carboxylic acids is 3. The van der Waals surface area contributed by atoms with Gasteiger partial charge in [-0.2, -0.15) is 12.6 Å². The SMILES string of the molecule is CCC(C)C(NC(=O)C1CCCN1C(=O)C(N)C(C)C)C(=O)NC(CS)C(=O)O. The maximum absolute atomic E-state index is 12.9. The number of nitrogens with one attached hydrogen (secondary N) is 2. The maximum Gasteiger partial charge on any atom is 0.327 e. The lowest BCUT2D eigenvalue weighted by atomic mass is 9.97. The number of thiol groups is 1. The monoisotopic (exact) mass is 430 g/mol. The molecule has 1 aliphatic rings. The number of aliphatic carboxylic acids is 1. The molecule has 0 aliphatic carbocycles. The van der Waals surface area contributed by atoms with Crippen LogP contribution in [0.25, 0.3) is 0 Å². The number of carboxylic acid groups (broad SMARTS) is 1. The van der Waals surface area contributed by atoms with Crippen LogP contribution >= 0.6 is 12.6 Å². The van der Waals surface area contributed by atoms with Gasteiger partial charge >= 0.3 is 5.97 Å². The summed E-state index contributed by atoms with van der Waals surface area (Å²) in [7, 11) is 0. The van der Waals surface area contributed by atoms with Gasteiger partial charge in [-0.05, 0) is 24.7 Å². The highest BCUT2D eigenvalue weighted by molar-refractivity contribution is 7.80. The first kappa shape index (κ1) is 25.2. The van der Waals surface area contributed by atoms with Crippen LogP contribution in [0.2, 0.25) is 0 Å². The van der Waals surface area contributed by atoms with Crippen LogP contribution in [0.3, 0.4) is 0 Å². The molecule has 0 aromatic rings. The second-order valence-corrected chi connectivity index (χ2v) is 8.28. The number of hydrogen-bond donors (Lipinski definition) is 5. The molecule has 1 aliphatic heterocycles. The second-order valence-electron chi connectivity index (χ2n) is 7.91. The van der Waals surface area contributed by atoms with Crippen LogP contribution in [-0.4, -0.2) is 70.2 Å². The molecule has 166 valence electrons. The van der Waals surface area contributed by atoms with Crippen molar-refractivity contribution in [1.29, 1.82) is 0 Å². The van der Waals surface area contributed by atoms with Crippen LogP contribution in [-0.2, 0) is 19.2 Å². The molecule has 9 nitrogen and oxygen atoms in total. The Morgan fingerprint density at radius 1 is 1.21 bits per heavy atom. The van der Waals surface area contributed by atoms with Crippen LogP contribution in [0.5, 0.6) is 0 Å². The van der Waals surface area contributed by atoms with Crippen LogP contribution in [0.4, 0.5) is 0 Å². The summed E-state index contributed by atoms with van der Waals surface area (Å²) in [5.74, 6) is -2.83. The number of amides is 3. The van der Waals surface area contributed by atoms with Gasteiger partial charge in [0.15, 0.2) is 0 Å². The Balaban J connectivity index is 2.93. The third-order valence-electron chi connectivity index (χ3n) is 5.43. The average Bonchev–Trinajstić information content (AvgIpc) is 3.17. The molecule has 29 heavy (non-hydrogen) atoms. The molecule has 1 fully saturated rings. The first-order valence-corrected chi connectivity index (χ1v) is 10.7. The molecular formula is C19H34N4O5S. The summed E-state index contributed by atoms with van der Waals surface area (Å²) in [5.41, 5.74) is 5.97. The van der Waals surface area contributed by atoms with Crippen molar-refractivity contribution in [3.05, 3.63) is 0 Å². The maximum atomic E-state index is 12.9. The molecule has 3 amide bonds. The van der Waals surface area contributed by atoms with Crippen molar-refractivity contribution >= 4 is 36.3 Å². The van der Waals surface area contributed by atoms with Crippen molar-refractivity contribution < 1.29 is 24.3 Å². The molecule has 0 radical (unpaired) electrons. The van der Waals surface area contributed by atoms with Gasteiger partial charge in [-0.15, -0.1) is 0 Å². The molecule has 0 aromatic carbocycles. The van der Waals surface area contributed by atoms with E-state index in [1.165, 1.54) is 4.90 Å². The van der Waals surface area contributed by atoms with Gasteiger partial charge in [0.2, 0.25) is 17.7 Å². The van der Waals surface area contributed by atoms with Crippen molar-refractivity contribution in [3.63, 3.8) is 0 Å². The van der Waals surface area contributed by atoms with E-state index in [9.17, 15) is 19.2 Å². The van der Waals surface area contributed by atoms with E-state index in [-0.39, 0.29) is 23.5 Å². The van der Waals surface area contributed by atoms with E-state index < -0.39 is 42.0 Å². The molecule has 5 unspecified atom stereocenters. The Kier molecular flexibility index (Phi) is 9.91. The fourth-order valence-corrected chi connectivity index (χ4v) is 3.43. The minimum atomic E-state index is -1.20. The third-order valence-corrected chi connectivity index (χ3v) is 5.80. The summed E-state index contributed by atoms with van der Waals surface area (Å²) in [6.07, 6.45) is 1.77. The first-order chi connectivity index (χ1) is 13.5. The van der Waals surface area contributed by atoms with E-state index in [2.05, 4.69) is 23.3 Å². The lowest BCUT2D eigenvalue weighted by Crippen LogP contribution is -2.58. The molecule has 0 saturated carbocycles. The Morgan fingerprint density at radius 3 is 2.31 bits per heavy atom. The number of carboxylic acids is 1. The number of carbonyl (C=O) groups is 4. The van der Waals surface area contributed by atoms with Gasteiger partial charge in [0.05, 0.1) is 6.04 Å². The second kappa shape index (κ2) is 11.4. The highest BCUT2D eigenvalue weighted by Gasteiger charge is 2.39. The zero-order valence-corrected chi connectivity index (χ0v) is 18.4. The predicted molar refractivity (Wildman–Crippen MR) is 112 cm³/mol. The molecule has 1 heterocycles. The van der Waals surface area contributed by atoms with E-state index in [4.69, 9.17) is 10.8 Å². The van der Waals surface area contributed by atoms with Crippen LogP contribution < -0.4 is 16.4 Å². The van der Waals surface area contributed by atoms with Crippen molar-refractivity contribution in [2.24, 2.45) is 17.6 Å².